The van der Waals surface area contributed by atoms with Gasteiger partial charge >= 0.3 is 0 Å². The third kappa shape index (κ3) is 13.2. The Balaban J connectivity index is 5.54. The molecule has 2 atom stereocenters. The largest absolute Gasteiger partial charge is 0.392 e. The van der Waals surface area contributed by atoms with E-state index >= 15 is 0 Å². The Hall–Kier alpha value is -1.20. The Kier molecular flexibility index (Phi) is 14.4. The van der Waals surface area contributed by atoms with Crippen LogP contribution in [0, 0.1) is 33.5 Å². The van der Waals surface area contributed by atoms with Crippen LogP contribution >= 0.6 is 0 Å². The maximum absolute atomic E-state index is 11.7. The van der Waals surface area contributed by atoms with E-state index in [0.717, 1.165) is 12.8 Å². The van der Waals surface area contributed by atoms with Crippen LogP contribution in [-0.4, -0.2) is 44.8 Å². The molecule has 0 radical (unpaired) electrons. The molecule has 4 N–H and O–H groups in total. The maximum atomic E-state index is 11.7. The van der Waals surface area contributed by atoms with Gasteiger partial charge in [0, 0.05) is 0 Å². The minimum Gasteiger partial charge on any atom is -0.392 e. The van der Waals surface area contributed by atoms with Crippen LogP contribution in [0.4, 0.5) is 0 Å². The number of aliphatic hydroxyl groups is 4. The zero-order chi connectivity index (χ0) is 31.8. The second-order valence-corrected chi connectivity index (χ2v) is 16.3. The van der Waals surface area contributed by atoms with Crippen LogP contribution < -0.4 is 0 Å². The Morgan fingerprint density at radius 2 is 0.825 bits per heavy atom. The standard InChI is InChI=1S/C36H66O4/c1-27(2)35(39,29(23-37)21-31(5,6)7)25-33(11,12)19-17-15-16-18-20-34(13,14)26-36(40,28(3)4)30(24-38)22-32(8,9)10/h17-22,27-28,37-40H,15-16,23-26H2,1-14H3/b19-17+,20-18+,29-21+,30-22+. The first-order chi connectivity index (χ1) is 17.8. The highest BCUT2D eigenvalue weighted by Gasteiger charge is 2.41. The van der Waals surface area contributed by atoms with Crippen LogP contribution in [0.3, 0.4) is 0 Å². The molecular weight excluding hydrogens is 496 g/mol. The Labute approximate surface area is 248 Å². The second kappa shape index (κ2) is 14.8. The van der Waals surface area contributed by atoms with E-state index in [1.807, 2.05) is 39.8 Å². The van der Waals surface area contributed by atoms with E-state index in [9.17, 15) is 20.4 Å². The van der Waals surface area contributed by atoms with Gasteiger partial charge in [0.25, 0.3) is 0 Å². The van der Waals surface area contributed by atoms with E-state index in [-0.39, 0.29) is 46.7 Å². The van der Waals surface area contributed by atoms with E-state index in [0.29, 0.717) is 24.0 Å². The van der Waals surface area contributed by atoms with Crippen molar-refractivity contribution in [3.63, 3.8) is 0 Å². The van der Waals surface area contributed by atoms with Crippen molar-refractivity contribution >= 4 is 0 Å². The minimum atomic E-state index is -1.08. The van der Waals surface area contributed by atoms with Crippen LogP contribution in [0.15, 0.2) is 47.6 Å². The molecular formula is C36H66O4. The number of aliphatic hydroxyl groups excluding tert-OH is 2. The van der Waals surface area contributed by atoms with Crippen molar-refractivity contribution in [3.05, 3.63) is 47.6 Å². The molecule has 0 saturated carbocycles. The summed E-state index contributed by atoms with van der Waals surface area (Å²) in [7, 11) is 0. The van der Waals surface area contributed by atoms with Gasteiger partial charge in [0.15, 0.2) is 0 Å². The van der Waals surface area contributed by atoms with Gasteiger partial charge < -0.3 is 20.4 Å². The topological polar surface area (TPSA) is 80.9 Å². The predicted molar refractivity (Wildman–Crippen MR) is 173 cm³/mol. The summed E-state index contributed by atoms with van der Waals surface area (Å²) in [5, 5.41) is 43.7. The highest BCUT2D eigenvalue weighted by atomic mass is 16.3. The molecule has 0 saturated heterocycles. The van der Waals surface area contributed by atoms with Gasteiger partial charge in [-0.25, -0.2) is 0 Å². The summed E-state index contributed by atoms with van der Waals surface area (Å²) in [6, 6.07) is 0. The fourth-order valence-electron chi connectivity index (χ4n) is 5.54. The van der Waals surface area contributed by atoms with Crippen LogP contribution in [0.1, 0.15) is 123 Å². The van der Waals surface area contributed by atoms with Gasteiger partial charge in [-0.1, -0.05) is 133 Å². The lowest BCUT2D eigenvalue weighted by atomic mass is 9.70. The molecule has 234 valence electrons. The summed E-state index contributed by atoms with van der Waals surface area (Å²) < 4.78 is 0. The van der Waals surface area contributed by atoms with Crippen molar-refractivity contribution in [2.45, 2.75) is 134 Å². The van der Waals surface area contributed by atoms with Crippen molar-refractivity contribution in [2.75, 3.05) is 13.2 Å². The molecule has 0 bridgehead atoms. The first kappa shape index (κ1) is 38.8. The second-order valence-electron chi connectivity index (χ2n) is 16.3. The lowest BCUT2D eigenvalue weighted by molar-refractivity contribution is -0.00915. The van der Waals surface area contributed by atoms with Gasteiger partial charge in [-0.05, 0) is 70.3 Å². The number of unbranched alkanes of at least 4 members (excludes halogenated alkanes) is 1. The molecule has 0 spiro atoms. The van der Waals surface area contributed by atoms with Crippen LogP contribution in [0.5, 0.6) is 0 Å². The van der Waals surface area contributed by atoms with Gasteiger partial charge in [0.05, 0.1) is 24.4 Å². The SMILES string of the molecule is CC(C)C(O)(CC(C)(C)/C=C/CC/C=C/C(C)(C)CC(O)(/C(=C/C(C)(C)C)CO)C(C)C)/C(=C/C(C)(C)C)CO. The lowest BCUT2D eigenvalue weighted by Gasteiger charge is -2.40. The predicted octanol–water partition coefficient (Wildman–Crippen LogP) is 8.42. The molecule has 4 heteroatoms. The van der Waals surface area contributed by atoms with Crippen LogP contribution in [-0.2, 0) is 0 Å². The molecule has 0 aliphatic rings. The Morgan fingerprint density at radius 1 is 0.550 bits per heavy atom. The quantitative estimate of drug-likeness (QED) is 0.119. The summed E-state index contributed by atoms with van der Waals surface area (Å²) >= 11 is 0. The summed E-state index contributed by atoms with van der Waals surface area (Å²) in [5.74, 6) is -0.0552. The molecule has 0 aromatic carbocycles. The molecule has 0 fully saturated rings. The smallest absolute Gasteiger partial charge is 0.0909 e. The molecule has 0 aliphatic heterocycles. The van der Waals surface area contributed by atoms with Gasteiger partial charge in [-0.15, -0.1) is 0 Å². The maximum Gasteiger partial charge on any atom is 0.0909 e. The fraction of sp³-hybridized carbons (Fsp3) is 0.778. The first-order valence-electron chi connectivity index (χ1n) is 15.3. The lowest BCUT2D eigenvalue weighted by Crippen LogP contribution is -2.43. The third-order valence-corrected chi connectivity index (χ3v) is 7.67. The molecule has 0 aromatic heterocycles. The fourth-order valence-corrected chi connectivity index (χ4v) is 5.54. The molecule has 0 aliphatic carbocycles. The normalized spacial score (nSPS) is 18.3. The van der Waals surface area contributed by atoms with Gasteiger partial charge in [-0.3, -0.25) is 0 Å². The molecule has 4 nitrogen and oxygen atoms in total. The van der Waals surface area contributed by atoms with E-state index in [1.165, 1.54) is 0 Å². The Morgan fingerprint density at radius 3 is 1.02 bits per heavy atom. The van der Waals surface area contributed by atoms with Gasteiger partial charge in [-0.2, -0.15) is 0 Å². The summed E-state index contributed by atoms with van der Waals surface area (Å²) in [6.07, 6.45) is 15.6. The molecule has 0 aromatic rings. The zero-order valence-electron chi connectivity index (χ0n) is 28.7. The number of hydrogen-bond donors (Lipinski definition) is 4. The minimum absolute atomic E-state index is 0.0276. The average molecular weight is 563 g/mol. The van der Waals surface area contributed by atoms with Crippen molar-refractivity contribution in [3.8, 4) is 0 Å². The highest BCUT2D eigenvalue weighted by Crippen LogP contribution is 2.41. The van der Waals surface area contributed by atoms with Crippen molar-refractivity contribution in [2.24, 2.45) is 33.5 Å². The first-order valence-corrected chi connectivity index (χ1v) is 15.3. The van der Waals surface area contributed by atoms with Gasteiger partial charge in [0.2, 0.25) is 0 Å². The number of rotatable bonds is 15. The van der Waals surface area contributed by atoms with Crippen LogP contribution in [0.2, 0.25) is 0 Å². The molecule has 40 heavy (non-hydrogen) atoms. The van der Waals surface area contributed by atoms with E-state index < -0.39 is 11.2 Å². The summed E-state index contributed by atoms with van der Waals surface area (Å²) in [5.41, 5.74) is -1.52. The summed E-state index contributed by atoms with van der Waals surface area (Å²) in [4.78, 5) is 0. The molecule has 2 unspecified atom stereocenters. The van der Waals surface area contributed by atoms with E-state index in [2.05, 4.69) is 93.5 Å². The molecule has 0 heterocycles. The van der Waals surface area contributed by atoms with Crippen molar-refractivity contribution < 1.29 is 20.4 Å². The highest BCUT2D eigenvalue weighted by molar-refractivity contribution is 5.24. The molecule has 0 rings (SSSR count). The number of allylic oxidation sites excluding steroid dienone is 6. The monoisotopic (exact) mass is 562 g/mol. The van der Waals surface area contributed by atoms with E-state index in [1.54, 1.807) is 0 Å². The Bertz CT molecular complexity index is 813. The van der Waals surface area contributed by atoms with Crippen LogP contribution in [0.25, 0.3) is 0 Å². The van der Waals surface area contributed by atoms with Crippen molar-refractivity contribution in [1.82, 2.24) is 0 Å². The van der Waals surface area contributed by atoms with Crippen molar-refractivity contribution in [1.29, 1.82) is 0 Å². The zero-order valence-corrected chi connectivity index (χ0v) is 28.7. The van der Waals surface area contributed by atoms with Gasteiger partial charge in [0.1, 0.15) is 0 Å². The third-order valence-electron chi connectivity index (χ3n) is 7.67. The van der Waals surface area contributed by atoms with E-state index in [4.69, 9.17) is 0 Å². The molecule has 0 amide bonds. The number of hydrogen-bond acceptors (Lipinski definition) is 4. The summed E-state index contributed by atoms with van der Waals surface area (Å²) in [6.45, 7) is 28.8. The average Bonchev–Trinajstić information content (AvgIpc) is 2.75.